The molecule has 13 heteroatoms. The van der Waals surface area contributed by atoms with Gasteiger partial charge in [0.2, 0.25) is 11.8 Å². The fourth-order valence-electron chi connectivity index (χ4n) is 5.82. The minimum absolute atomic E-state index is 0.0570. The van der Waals surface area contributed by atoms with Crippen molar-refractivity contribution in [2.24, 2.45) is 0 Å². The quantitative estimate of drug-likeness (QED) is 0.153. The number of nitrogens with one attached hydrogen (secondary N) is 3. The van der Waals surface area contributed by atoms with Gasteiger partial charge < -0.3 is 25.4 Å². The molecule has 11 nitrogen and oxygen atoms in total. The first-order valence-corrected chi connectivity index (χ1v) is 16.4. The molecule has 1 fully saturated rings. The van der Waals surface area contributed by atoms with Crippen LogP contribution in [0.1, 0.15) is 24.0 Å². The second-order valence-corrected chi connectivity index (χ2v) is 12.3. The number of methoxy groups -OCH3 is 2. The number of hydrogen-bond donors (Lipinski definition) is 3. The molecule has 0 bridgehead atoms. The van der Waals surface area contributed by atoms with Gasteiger partial charge in [0.1, 0.15) is 5.65 Å². The van der Waals surface area contributed by atoms with Gasteiger partial charge in [-0.2, -0.15) is 0 Å². The van der Waals surface area contributed by atoms with Gasteiger partial charge in [0.25, 0.3) is 5.56 Å². The van der Waals surface area contributed by atoms with Gasteiger partial charge in [0, 0.05) is 77.9 Å². The number of fused-ring (bicyclic) bond motifs is 1. The molecule has 0 spiro atoms. The molecule has 4 heterocycles. The van der Waals surface area contributed by atoms with Crippen LogP contribution in [-0.2, 0) is 27.4 Å². The number of halogens is 2. The predicted molar refractivity (Wildman–Crippen MR) is 189 cm³/mol. The minimum atomic E-state index is -0.366. The molecule has 1 aliphatic rings. The number of hydrogen-bond acceptors (Lipinski definition) is 9. The van der Waals surface area contributed by atoms with Crippen molar-refractivity contribution in [1.29, 1.82) is 0 Å². The Morgan fingerprint density at radius 1 is 0.939 bits per heavy atom. The van der Waals surface area contributed by atoms with Crippen molar-refractivity contribution < 1.29 is 19.1 Å². The van der Waals surface area contributed by atoms with E-state index in [1.807, 2.05) is 60.7 Å². The van der Waals surface area contributed by atoms with Gasteiger partial charge in [0.15, 0.2) is 0 Å². The Morgan fingerprint density at radius 2 is 1.65 bits per heavy atom. The first kappa shape index (κ1) is 34.1. The largest absolute Gasteiger partial charge is 0.481 e. The number of rotatable bonds is 12. The Hall–Kier alpha value is -4.81. The lowest BCUT2D eigenvalue weighted by molar-refractivity contribution is -0.139. The van der Waals surface area contributed by atoms with Crippen molar-refractivity contribution in [2.75, 3.05) is 27.3 Å². The third-order valence-corrected chi connectivity index (χ3v) is 9.21. The maximum Gasteiger partial charge on any atom is 0.319 e. The first-order chi connectivity index (χ1) is 23.8. The van der Waals surface area contributed by atoms with Crippen molar-refractivity contribution >= 4 is 40.7 Å². The van der Waals surface area contributed by atoms with Gasteiger partial charge in [-0.05, 0) is 30.2 Å². The summed E-state index contributed by atoms with van der Waals surface area (Å²) in [5.41, 5.74) is 5.92. The Balaban J connectivity index is 1.24. The summed E-state index contributed by atoms with van der Waals surface area (Å²) >= 11 is 14.1. The van der Waals surface area contributed by atoms with E-state index < -0.39 is 0 Å². The summed E-state index contributed by atoms with van der Waals surface area (Å²) in [5, 5.41) is 10.1. The van der Waals surface area contributed by atoms with Crippen LogP contribution in [0.2, 0.25) is 10.0 Å². The highest BCUT2D eigenvalue weighted by atomic mass is 35.5. The highest BCUT2D eigenvalue weighted by Crippen LogP contribution is 2.42. The van der Waals surface area contributed by atoms with Crippen molar-refractivity contribution in [3.05, 3.63) is 105 Å². The van der Waals surface area contributed by atoms with Crippen LogP contribution in [0, 0.1) is 0 Å². The highest BCUT2D eigenvalue weighted by molar-refractivity contribution is 6.39. The van der Waals surface area contributed by atoms with Gasteiger partial charge in [-0.3, -0.25) is 18.8 Å². The van der Waals surface area contributed by atoms with Crippen LogP contribution in [-0.4, -0.2) is 59.6 Å². The zero-order valence-electron chi connectivity index (χ0n) is 26.9. The molecule has 3 aromatic heterocycles. The fraction of sp³-hybridized carbons (Fsp3) is 0.250. The van der Waals surface area contributed by atoms with Crippen LogP contribution in [0.3, 0.4) is 0 Å². The molecule has 49 heavy (non-hydrogen) atoms. The fourth-order valence-corrected chi connectivity index (χ4v) is 6.48. The molecule has 2 aromatic carbocycles. The zero-order chi connectivity index (χ0) is 34.5. The molecule has 1 atom stereocenters. The van der Waals surface area contributed by atoms with E-state index in [9.17, 15) is 14.4 Å². The summed E-state index contributed by atoms with van der Waals surface area (Å²) in [4.78, 5) is 45.4. The number of benzene rings is 2. The predicted octanol–water partition coefficient (Wildman–Crippen LogP) is 5.04. The van der Waals surface area contributed by atoms with Crippen molar-refractivity contribution in [2.45, 2.75) is 32.0 Å². The number of aromatic nitrogens is 3. The molecule has 252 valence electrons. The molecule has 0 aliphatic carbocycles. The number of carbonyl (C=O) groups excluding carboxylic acids is 2. The van der Waals surface area contributed by atoms with Gasteiger partial charge in [-0.1, -0.05) is 65.7 Å². The number of esters is 1. The van der Waals surface area contributed by atoms with Gasteiger partial charge >= 0.3 is 5.97 Å². The van der Waals surface area contributed by atoms with Crippen LogP contribution >= 0.6 is 23.2 Å². The lowest BCUT2D eigenvalue weighted by Crippen LogP contribution is -2.36. The topological polar surface area (TPSA) is 136 Å². The summed E-state index contributed by atoms with van der Waals surface area (Å²) in [6.07, 6.45) is 4.60. The summed E-state index contributed by atoms with van der Waals surface area (Å²) in [6, 6.07) is 18.8. The van der Waals surface area contributed by atoms with Crippen molar-refractivity contribution in [3.8, 4) is 39.4 Å². The molecular formula is C36H34Cl2N6O5. The van der Waals surface area contributed by atoms with E-state index in [1.54, 1.807) is 12.4 Å². The van der Waals surface area contributed by atoms with E-state index in [0.717, 1.165) is 34.2 Å². The Morgan fingerprint density at radius 3 is 2.37 bits per heavy atom. The lowest BCUT2D eigenvalue weighted by Gasteiger charge is -2.15. The van der Waals surface area contributed by atoms with Crippen LogP contribution < -0.4 is 26.2 Å². The summed E-state index contributed by atoms with van der Waals surface area (Å²) in [6.45, 7) is 1.35. The minimum Gasteiger partial charge on any atom is -0.481 e. The van der Waals surface area contributed by atoms with Crippen LogP contribution in [0.4, 0.5) is 0 Å². The smallest absolute Gasteiger partial charge is 0.319 e. The monoisotopic (exact) mass is 700 g/mol. The molecule has 1 aliphatic heterocycles. The van der Waals surface area contributed by atoms with E-state index >= 15 is 0 Å². The van der Waals surface area contributed by atoms with Crippen LogP contribution in [0.5, 0.6) is 5.88 Å². The number of carbonyl (C=O) groups is 2. The number of nitrogens with zero attached hydrogens (tertiary/aromatic N) is 3. The summed E-state index contributed by atoms with van der Waals surface area (Å²) < 4.78 is 11.7. The number of amides is 1. The average molecular weight is 702 g/mol. The third-order valence-electron chi connectivity index (χ3n) is 8.39. The number of ether oxygens (including phenoxy) is 2. The van der Waals surface area contributed by atoms with Gasteiger partial charge in [-0.25, -0.2) is 9.97 Å². The highest BCUT2D eigenvalue weighted by Gasteiger charge is 2.21. The van der Waals surface area contributed by atoms with E-state index in [0.29, 0.717) is 64.4 Å². The first-order valence-electron chi connectivity index (χ1n) is 15.7. The SMILES string of the molecule is COC(=O)CNCc1ccc(-c2cccc(-c3cccc(-c4ccn5c(=O)c(CNC[C@H]6CCC(=O)N6)cnc5c4)c3Cl)c2Cl)nc1OC. The van der Waals surface area contributed by atoms with E-state index in [4.69, 9.17) is 32.9 Å². The average Bonchev–Trinajstić information content (AvgIpc) is 3.54. The summed E-state index contributed by atoms with van der Waals surface area (Å²) in [7, 11) is 2.87. The second-order valence-electron chi connectivity index (χ2n) is 11.5. The standard InChI is InChI=1S/C36H34Cl2N6O5/c1-48-32(46)20-40-16-22-9-11-29(43-35(22)49-2)28-8-4-7-27(34(28)38)26-6-3-5-25(33(26)37)21-13-14-44-30(15-21)41-18-23(36(44)47)17-39-19-24-10-12-31(45)42-24/h3-9,11,13-15,18,24,39-40H,10,12,16-17,19-20H2,1-2H3,(H,42,45)/t24-/m1/s1. The zero-order valence-corrected chi connectivity index (χ0v) is 28.4. The molecule has 0 radical (unpaired) electrons. The van der Waals surface area contributed by atoms with Gasteiger partial charge in [0.05, 0.1) is 36.5 Å². The van der Waals surface area contributed by atoms with E-state index in [1.165, 1.54) is 18.6 Å². The molecule has 1 saturated heterocycles. The van der Waals surface area contributed by atoms with Crippen LogP contribution in [0.25, 0.3) is 39.2 Å². The molecule has 6 rings (SSSR count). The van der Waals surface area contributed by atoms with Crippen molar-refractivity contribution in [3.63, 3.8) is 0 Å². The van der Waals surface area contributed by atoms with E-state index in [2.05, 4.69) is 25.7 Å². The molecule has 5 aromatic rings. The maximum atomic E-state index is 13.2. The second kappa shape index (κ2) is 15.2. The Bertz CT molecular complexity index is 2100. The van der Waals surface area contributed by atoms with E-state index in [-0.39, 0.29) is 30.0 Å². The Labute approximate surface area is 292 Å². The molecular weight excluding hydrogens is 667 g/mol. The lowest BCUT2D eigenvalue weighted by atomic mass is 9.97. The van der Waals surface area contributed by atoms with Crippen LogP contribution in [0.15, 0.2) is 77.9 Å². The normalized spacial score (nSPS) is 14.2. The Kier molecular flexibility index (Phi) is 10.5. The van der Waals surface area contributed by atoms with Crippen molar-refractivity contribution in [1.82, 2.24) is 30.3 Å². The van der Waals surface area contributed by atoms with Gasteiger partial charge in [-0.15, -0.1) is 0 Å². The summed E-state index contributed by atoms with van der Waals surface area (Å²) in [5.74, 6) is 0.0960. The molecule has 3 N–H and O–H groups in total. The maximum absolute atomic E-state index is 13.2. The number of pyridine rings is 2. The molecule has 0 saturated carbocycles. The molecule has 1 amide bonds. The third kappa shape index (κ3) is 7.45. The molecule has 0 unspecified atom stereocenters.